The van der Waals surface area contributed by atoms with Gasteiger partial charge >= 0.3 is 0 Å². The molecule has 0 aromatic heterocycles. The summed E-state index contributed by atoms with van der Waals surface area (Å²) in [7, 11) is 0. The zero-order valence-corrected chi connectivity index (χ0v) is 10.8. The van der Waals surface area contributed by atoms with E-state index in [-0.39, 0.29) is 11.6 Å². The molecule has 0 aliphatic rings. The second kappa shape index (κ2) is 5.61. The second-order valence-electron chi connectivity index (χ2n) is 4.56. The summed E-state index contributed by atoms with van der Waals surface area (Å²) in [5.41, 5.74) is 2.49. The van der Waals surface area contributed by atoms with Crippen molar-refractivity contribution < 1.29 is 9.18 Å². The van der Waals surface area contributed by atoms with Crippen LogP contribution in [0, 0.1) is 5.82 Å². The van der Waals surface area contributed by atoms with E-state index in [2.05, 4.69) is 6.58 Å². The molecular weight excluding hydrogens is 239 g/mol. The number of halogens is 1. The van der Waals surface area contributed by atoms with Crippen molar-refractivity contribution in [2.75, 3.05) is 0 Å². The minimum atomic E-state index is -0.344. The average Bonchev–Trinajstić information content (AvgIpc) is 2.40. The number of hydrogen-bond acceptors (Lipinski definition) is 1. The SMILES string of the molecule is C=C(C)c1cc(C(=O)Cc2ccccc2)ccc1F. The predicted octanol–water partition coefficient (Wildman–Crippen LogP) is 4.28. The standard InChI is InChI=1S/C17H15FO/c1-12(2)15-11-14(8-9-16(15)18)17(19)10-13-6-4-3-5-7-13/h3-9,11H,1,10H2,2H3. The maximum atomic E-state index is 13.5. The maximum absolute atomic E-state index is 13.5. The Morgan fingerprint density at radius 3 is 2.47 bits per heavy atom. The van der Waals surface area contributed by atoms with Gasteiger partial charge in [-0.05, 0) is 36.3 Å². The molecule has 2 aromatic rings. The van der Waals surface area contributed by atoms with E-state index in [1.807, 2.05) is 30.3 Å². The van der Waals surface area contributed by atoms with Gasteiger partial charge in [-0.3, -0.25) is 4.79 Å². The number of rotatable bonds is 4. The number of benzene rings is 2. The Hall–Kier alpha value is -2.22. The Morgan fingerprint density at radius 1 is 1.16 bits per heavy atom. The van der Waals surface area contributed by atoms with E-state index < -0.39 is 0 Å². The number of carbonyl (C=O) groups excluding carboxylic acids is 1. The van der Waals surface area contributed by atoms with Gasteiger partial charge in [0.1, 0.15) is 5.82 Å². The van der Waals surface area contributed by atoms with Gasteiger partial charge in [0.15, 0.2) is 5.78 Å². The van der Waals surface area contributed by atoms with Crippen LogP contribution in [-0.2, 0) is 6.42 Å². The lowest BCUT2D eigenvalue weighted by molar-refractivity contribution is 0.0993. The van der Waals surface area contributed by atoms with E-state index in [1.165, 1.54) is 12.1 Å². The van der Waals surface area contributed by atoms with Crippen molar-refractivity contribution in [2.45, 2.75) is 13.3 Å². The molecular formula is C17H15FO. The van der Waals surface area contributed by atoms with E-state index in [0.717, 1.165) is 5.56 Å². The molecule has 0 aliphatic carbocycles. The van der Waals surface area contributed by atoms with Gasteiger partial charge in [-0.15, -0.1) is 0 Å². The van der Waals surface area contributed by atoms with Gasteiger partial charge in [0.05, 0.1) is 0 Å². The highest BCUT2D eigenvalue weighted by Gasteiger charge is 2.10. The van der Waals surface area contributed by atoms with Gasteiger partial charge in [0, 0.05) is 17.5 Å². The fraction of sp³-hybridized carbons (Fsp3) is 0.118. The van der Waals surface area contributed by atoms with Crippen molar-refractivity contribution in [3.8, 4) is 0 Å². The van der Waals surface area contributed by atoms with Crippen molar-refractivity contribution in [3.63, 3.8) is 0 Å². The van der Waals surface area contributed by atoms with Crippen LogP contribution in [0.3, 0.4) is 0 Å². The molecule has 0 radical (unpaired) electrons. The summed E-state index contributed by atoms with van der Waals surface area (Å²) in [6, 6.07) is 13.9. The lowest BCUT2D eigenvalue weighted by Gasteiger charge is -2.06. The van der Waals surface area contributed by atoms with Crippen LogP contribution in [0.2, 0.25) is 0 Å². The Morgan fingerprint density at radius 2 is 1.84 bits per heavy atom. The summed E-state index contributed by atoms with van der Waals surface area (Å²) in [6.45, 7) is 5.45. The van der Waals surface area contributed by atoms with Gasteiger partial charge in [0.2, 0.25) is 0 Å². The molecule has 2 aromatic carbocycles. The summed E-state index contributed by atoms with van der Waals surface area (Å²) in [5.74, 6) is -0.363. The molecule has 0 heterocycles. The van der Waals surface area contributed by atoms with Crippen molar-refractivity contribution in [2.24, 2.45) is 0 Å². The molecule has 19 heavy (non-hydrogen) atoms. The second-order valence-corrected chi connectivity index (χ2v) is 4.56. The van der Waals surface area contributed by atoms with Crippen LogP contribution in [0.15, 0.2) is 55.1 Å². The third-order valence-electron chi connectivity index (χ3n) is 2.96. The highest BCUT2D eigenvalue weighted by atomic mass is 19.1. The van der Waals surface area contributed by atoms with Crippen LogP contribution >= 0.6 is 0 Å². The van der Waals surface area contributed by atoms with E-state index in [9.17, 15) is 9.18 Å². The summed E-state index contributed by atoms with van der Waals surface area (Å²) in [4.78, 5) is 12.1. The summed E-state index contributed by atoms with van der Waals surface area (Å²) in [6.07, 6.45) is 0.322. The molecule has 0 saturated carbocycles. The Kier molecular flexibility index (Phi) is 3.91. The number of ketones is 1. The fourth-order valence-corrected chi connectivity index (χ4v) is 1.91. The molecule has 2 heteroatoms. The number of Topliss-reactive ketones (excluding diaryl/α,β-unsaturated/α-hetero) is 1. The first-order valence-electron chi connectivity index (χ1n) is 6.10. The highest BCUT2D eigenvalue weighted by Crippen LogP contribution is 2.19. The molecule has 96 valence electrons. The zero-order chi connectivity index (χ0) is 13.8. The van der Waals surface area contributed by atoms with Gasteiger partial charge < -0.3 is 0 Å². The third-order valence-corrected chi connectivity index (χ3v) is 2.96. The molecule has 1 nitrogen and oxygen atoms in total. The molecule has 0 saturated heterocycles. The van der Waals surface area contributed by atoms with Crippen LogP contribution < -0.4 is 0 Å². The van der Waals surface area contributed by atoms with Crippen molar-refractivity contribution in [3.05, 3.63) is 77.6 Å². The fourth-order valence-electron chi connectivity index (χ4n) is 1.91. The first kappa shape index (κ1) is 13.2. The minimum Gasteiger partial charge on any atom is -0.294 e. The van der Waals surface area contributed by atoms with Gasteiger partial charge in [-0.2, -0.15) is 0 Å². The summed E-state index contributed by atoms with van der Waals surface area (Å²) < 4.78 is 13.5. The molecule has 0 spiro atoms. The Balaban J connectivity index is 2.25. The average molecular weight is 254 g/mol. The van der Waals surface area contributed by atoms with Crippen LogP contribution in [0.25, 0.3) is 5.57 Å². The zero-order valence-electron chi connectivity index (χ0n) is 10.8. The first-order valence-corrected chi connectivity index (χ1v) is 6.10. The number of hydrogen-bond donors (Lipinski definition) is 0. The molecule has 0 aliphatic heterocycles. The smallest absolute Gasteiger partial charge is 0.167 e. The predicted molar refractivity (Wildman–Crippen MR) is 75.6 cm³/mol. The molecule has 2 rings (SSSR count). The maximum Gasteiger partial charge on any atom is 0.167 e. The quantitative estimate of drug-likeness (QED) is 0.744. The summed E-state index contributed by atoms with van der Waals surface area (Å²) >= 11 is 0. The van der Waals surface area contributed by atoms with Crippen LogP contribution in [0.5, 0.6) is 0 Å². The molecule has 0 unspecified atom stereocenters. The van der Waals surface area contributed by atoms with E-state index in [1.54, 1.807) is 13.0 Å². The van der Waals surface area contributed by atoms with E-state index >= 15 is 0 Å². The molecule has 0 amide bonds. The molecule has 0 fully saturated rings. The minimum absolute atomic E-state index is 0.0197. The number of carbonyl (C=O) groups is 1. The lowest BCUT2D eigenvalue weighted by Crippen LogP contribution is -2.04. The van der Waals surface area contributed by atoms with E-state index in [0.29, 0.717) is 23.1 Å². The van der Waals surface area contributed by atoms with Crippen molar-refractivity contribution in [1.29, 1.82) is 0 Å². The van der Waals surface area contributed by atoms with Gasteiger partial charge in [-0.1, -0.05) is 36.9 Å². The lowest BCUT2D eigenvalue weighted by atomic mass is 9.99. The van der Waals surface area contributed by atoms with E-state index in [4.69, 9.17) is 0 Å². The Labute approximate surface area is 112 Å². The Bertz CT molecular complexity index is 614. The number of allylic oxidation sites excluding steroid dienone is 1. The molecule has 0 N–H and O–H groups in total. The van der Waals surface area contributed by atoms with Gasteiger partial charge in [0.25, 0.3) is 0 Å². The normalized spacial score (nSPS) is 10.2. The molecule has 0 bridgehead atoms. The van der Waals surface area contributed by atoms with Crippen LogP contribution in [-0.4, -0.2) is 5.78 Å². The topological polar surface area (TPSA) is 17.1 Å². The van der Waals surface area contributed by atoms with Crippen molar-refractivity contribution in [1.82, 2.24) is 0 Å². The molecule has 0 atom stereocenters. The summed E-state index contributed by atoms with van der Waals surface area (Å²) in [5, 5.41) is 0. The van der Waals surface area contributed by atoms with Crippen LogP contribution in [0.4, 0.5) is 4.39 Å². The van der Waals surface area contributed by atoms with Crippen molar-refractivity contribution >= 4 is 11.4 Å². The van der Waals surface area contributed by atoms with Gasteiger partial charge in [-0.25, -0.2) is 4.39 Å². The third kappa shape index (κ3) is 3.16. The van der Waals surface area contributed by atoms with Crippen LogP contribution in [0.1, 0.15) is 28.4 Å². The highest BCUT2D eigenvalue weighted by molar-refractivity contribution is 5.98. The first-order chi connectivity index (χ1) is 9.08. The monoisotopic (exact) mass is 254 g/mol. The largest absolute Gasteiger partial charge is 0.294 e.